The van der Waals surface area contributed by atoms with Crippen molar-refractivity contribution in [2.75, 3.05) is 26.6 Å². The maximum absolute atomic E-state index is 13.8. The first kappa shape index (κ1) is 57.9. The molecule has 0 unspecified atom stereocenters. The van der Waals surface area contributed by atoms with Crippen LogP contribution in [0.5, 0.6) is 40.2 Å². The summed E-state index contributed by atoms with van der Waals surface area (Å²) in [6.07, 6.45) is 14.0. The minimum Gasteiger partial charge on any atom is -0.494 e. The predicted molar refractivity (Wildman–Crippen MR) is 320 cm³/mol. The van der Waals surface area contributed by atoms with E-state index in [0.29, 0.717) is 70.1 Å². The van der Waals surface area contributed by atoms with Gasteiger partial charge in [-0.15, -0.1) is 0 Å². The first-order valence-electron chi connectivity index (χ1n) is 28.3. The summed E-state index contributed by atoms with van der Waals surface area (Å²) in [5.41, 5.74) is 6.76. The largest absolute Gasteiger partial charge is 0.494 e. The number of carbonyl (C=O) groups excluding carboxylic acids is 2. The van der Waals surface area contributed by atoms with Crippen LogP contribution in [0.1, 0.15) is 135 Å². The highest BCUT2D eigenvalue weighted by Gasteiger charge is 2.23. The van der Waals surface area contributed by atoms with Crippen molar-refractivity contribution in [3.05, 3.63) is 159 Å². The smallest absolute Gasteiger partial charge is 0.343 e. The highest BCUT2D eigenvalue weighted by atomic mass is 35.5. The summed E-state index contributed by atoms with van der Waals surface area (Å²) in [5, 5.41) is 0.285. The Hall–Kier alpha value is -7.74. The Morgan fingerprint density at radius 3 is 1.32 bits per heavy atom. The second kappa shape index (κ2) is 28.6. The predicted octanol–water partition coefficient (Wildman–Crippen LogP) is 18.4. The number of hydrogen-bond acceptors (Lipinski definition) is 11. The van der Waals surface area contributed by atoms with E-state index in [2.05, 4.69) is 49.8 Å². The minimum absolute atomic E-state index is 0.0746. The molecule has 0 amide bonds. The zero-order chi connectivity index (χ0) is 56.5. The third-order valence-electron chi connectivity index (χ3n) is 13.9. The summed E-state index contributed by atoms with van der Waals surface area (Å²) in [7, 11) is 0. The number of nitrogens with one attached hydrogen (secondary N) is 2. The van der Waals surface area contributed by atoms with E-state index in [1.54, 1.807) is 60.7 Å². The fourth-order valence-electron chi connectivity index (χ4n) is 9.12. The van der Waals surface area contributed by atoms with E-state index in [9.17, 15) is 9.59 Å². The molecule has 0 spiro atoms. The van der Waals surface area contributed by atoms with E-state index in [4.69, 9.17) is 65.2 Å². The van der Waals surface area contributed by atoms with Crippen molar-refractivity contribution >= 4 is 79.5 Å². The number of rotatable bonds is 29. The standard InChI is InChI=1S/C66H70Cl2N2O11/c1-5-8-17-44-21-25-46(26-22-44)65(71)80-57-40-53-51(38-55(57)75-37-16-14-12-11-13-15-36-74-48-29-19-43(4)20-30-48)69-61-59(67)64-62(60(68)63(61)78-53)70-52-39-56(77-42-76-50-33-31-49(32-34-50)73-35-10-7-3)58(41-54(52)79-64)81-66(72)47-27-23-45(24-28-47)18-9-6-2/h19-34,38-41,69-70H,5-18,35-37,42H2,1-4H3. The van der Waals surface area contributed by atoms with Crippen LogP contribution in [0, 0.1) is 6.92 Å². The van der Waals surface area contributed by atoms with E-state index in [0.717, 1.165) is 113 Å². The number of esters is 2. The fraction of sp³-hybridized carbons (Fsp3) is 0.333. The zero-order valence-corrected chi connectivity index (χ0v) is 48.0. The maximum Gasteiger partial charge on any atom is 0.343 e. The van der Waals surface area contributed by atoms with Crippen molar-refractivity contribution < 1.29 is 51.6 Å². The molecule has 0 saturated heterocycles. The Morgan fingerprint density at radius 2 is 0.852 bits per heavy atom. The van der Waals surface area contributed by atoms with Gasteiger partial charge in [0.15, 0.2) is 45.3 Å². The highest BCUT2D eigenvalue weighted by molar-refractivity contribution is 6.45. The van der Waals surface area contributed by atoms with Crippen molar-refractivity contribution in [1.29, 1.82) is 0 Å². The Balaban J connectivity index is 0.986. The first-order valence-corrected chi connectivity index (χ1v) is 29.1. The Labute approximate surface area is 482 Å². The number of fused-ring (bicyclic) bond motifs is 4. The average molecular weight is 1140 g/mol. The molecule has 0 atom stereocenters. The molecule has 0 aliphatic rings. The zero-order valence-electron chi connectivity index (χ0n) is 46.5. The normalized spacial score (nSPS) is 11.3. The molecule has 2 aromatic heterocycles. The van der Waals surface area contributed by atoms with Crippen LogP contribution in [0.3, 0.4) is 0 Å². The average Bonchev–Trinajstić information content (AvgIpc) is 3.55. The molecule has 13 nitrogen and oxygen atoms in total. The molecule has 81 heavy (non-hydrogen) atoms. The van der Waals surface area contributed by atoms with Crippen LogP contribution in [0.25, 0.3) is 44.4 Å². The third-order valence-corrected chi connectivity index (χ3v) is 14.6. The van der Waals surface area contributed by atoms with Gasteiger partial charge in [-0.1, -0.05) is 131 Å². The number of H-pyrrole nitrogens is 2. The summed E-state index contributed by atoms with van der Waals surface area (Å²) in [6, 6.07) is 36.7. The molecule has 15 heteroatoms. The maximum atomic E-state index is 13.8. The third kappa shape index (κ3) is 15.4. The van der Waals surface area contributed by atoms with E-state index >= 15 is 0 Å². The first-order chi connectivity index (χ1) is 39.6. The molecule has 9 rings (SSSR count). The van der Waals surface area contributed by atoms with Crippen LogP contribution in [-0.2, 0) is 12.8 Å². The molecular formula is C66H70Cl2N2O11. The van der Waals surface area contributed by atoms with Crippen LogP contribution in [0.15, 0.2) is 130 Å². The molecule has 0 aliphatic carbocycles. The van der Waals surface area contributed by atoms with Gasteiger partial charge in [0.2, 0.25) is 6.79 Å². The molecule has 0 radical (unpaired) electrons. The van der Waals surface area contributed by atoms with Crippen molar-refractivity contribution in [2.24, 2.45) is 0 Å². The Morgan fingerprint density at radius 1 is 0.444 bits per heavy atom. The molecule has 2 heterocycles. The number of ether oxygens (including phenoxy) is 7. The summed E-state index contributed by atoms with van der Waals surface area (Å²) < 4.78 is 55.5. The van der Waals surface area contributed by atoms with Gasteiger partial charge < -0.3 is 52.0 Å². The van der Waals surface area contributed by atoms with Gasteiger partial charge in [0.1, 0.15) is 38.3 Å². The van der Waals surface area contributed by atoms with Crippen LogP contribution < -0.4 is 33.2 Å². The number of aromatic amines is 2. The summed E-state index contributed by atoms with van der Waals surface area (Å²) >= 11 is 14.5. The molecule has 7 aromatic carbocycles. The van der Waals surface area contributed by atoms with Gasteiger partial charge >= 0.3 is 11.9 Å². The second-order valence-corrected chi connectivity index (χ2v) is 20.9. The topological polar surface area (TPSA) is 157 Å². The summed E-state index contributed by atoms with van der Waals surface area (Å²) in [6.45, 7) is 9.93. The quantitative estimate of drug-likeness (QED) is 0.0151. The van der Waals surface area contributed by atoms with Crippen LogP contribution in [0.4, 0.5) is 0 Å². The summed E-state index contributed by atoms with van der Waals surface area (Å²) in [5.74, 6) is 1.81. The number of benzene rings is 7. The molecule has 2 N–H and O–H groups in total. The van der Waals surface area contributed by atoms with E-state index in [1.807, 2.05) is 48.5 Å². The minimum atomic E-state index is -0.592. The molecule has 424 valence electrons. The Bertz CT molecular complexity index is 3580. The van der Waals surface area contributed by atoms with Crippen LogP contribution >= 0.6 is 23.2 Å². The van der Waals surface area contributed by atoms with Gasteiger partial charge in [-0.2, -0.15) is 0 Å². The van der Waals surface area contributed by atoms with Gasteiger partial charge in [-0.25, -0.2) is 9.59 Å². The van der Waals surface area contributed by atoms with E-state index < -0.39 is 11.9 Å². The van der Waals surface area contributed by atoms with Gasteiger partial charge in [0.25, 0.3) is 0 Å². The SMILES string of the molecule is CCCCOc1ccc(OCOc2cc3[nH]c4c(Cl)c5oc6cc(OC(=O)c7ccc(CCCC)cc7)c(OCCCCCCCCOc7ccc(C)cc7)cc6[nH]c5c(Cl)c4oc3cc2OC(=O)c2ccc(CCCC)cc2)cc1. The lowest BCUT2D eigenvalue weighted by Crippen LogP contribution is -2.11. The lowest BCUT2D eigenvalue weighted by molar-refractivity contribution is 0.0708. The van der Waals surface area contributed by atoms with Crippen molar-refractivity contribution in [3.63, 3.8) is 0 Å². The molecule has 0 bridgehead atoms. The van der Waals surface area contributed by atoms with Gasteiger partial charge in [0, 0.05) is 24.3 Å². The van der Waals surface area contributed by atoms with Gasteiger partial charge in [0.05, 0.1) is 42.0 Å². The van der Waals surface area contributed by atoms with E-state index in [-0.39, 0.29) is 50.8 Å². The molecular weight excluding hydrogens is 1070 g/mol. The lowest BCUT2D eigenvalue weighted by atomic mass is 10.1. The van der Waals surface area contributed by atoms with E-state index in [1.165, 1.54) is 5.56 Å². The number of carbonyl (C=O) groups is 2. The van der Waals surface area contributed by atoms with Gasteiger partial charge in [-0.3, -0.25) is 0 Å². The lowest BCUT2D eigenvalue weighted by Gasteiger charge is -2.16. The number of aromatic nitrogens is 2. The number of unbranched alkanes of at least 4 members (excludes halogenated alkanes) is 8. The van der Waals surface area contributed by atoms with Crippen LogP contribution in [-0.4, -0.2) is 48.5 Å². The number of aryl methyl sites for hydroxylation is 3. The second-order valence-electron chi connectivity index (χ2n) is 20.2. The molecule has 0 saturated carbocycles. The van der Waals surface area contributed by atoms with Gasteiger partial charge in [-0.05, 0) is 124 Å². The Kier molecular flexibility index (Phi) is 20.5. The van der Waals surface area contributed by atoms with Crippen LogP contribution in [0.2, 0.25) is 10.0 Å². The number of hydrogen-bond donors (Lipinski definition) is 2. The number of halogens is 2. The van der Waals surface area contributed by atoms with Crippen molar-refractivity contribution in [3.8, 4) is 40.2 Å². The molecule has 0 fully saturated rings. The molecule has 0 aliphatic heterocycles. The molecule has 9 aromatic rings. The fourth-order valence-corrected chi connectivity index (χ4v) is 9.65. The summed E-state index contributed by atoms with van der Waals surface area (Å²) in [4.78, 5) is 34.3. The highest BCUT2D eigenvalue weighted by Crippen LogP contribution is 2.43. The van der Waals surface area contributed by atoms with Crippen molar-refractivity contribution in [1.82, 2.24) is 9.97 Å². The van der Waals surface area contributed by atoms with Crippen molar-refractivity contribution in [2.45, 2.75) is 118 Å². The monoisotopic (exact) mass is 1140 g/mol.